The van der Waals surface area contributed by atoms with Crippen LogP contribution in [-0.4, -0.2) is 26.4 Å². The topological polar surface area (TPSA) is 59.8 Å². The highest BCUT2D eigenvalue weighted by atomic mass is 79.9. The molecule has 8 heteroatoms. The van der Waals surface area contributed by atoms with Crippen LogP contribution in [0.4, 0.5) is 5.69 Å². The van der Waals surface area contributed by atoms with Gasteiger partial charge in [-0.25, -0.2) is 0 Å². The van der Waals surface area contributed by atoms with Crippen LogP contribution in [0, 0.1) is 6.92 Å². The van der Waals surface area contributed by atoms with Gasteiger partial charge in [-0.15, -0.1) is 10.2 Å². The lowest BCUT2D eigenvalue weighted by Crippen LogP contribution is -2.17. The number of benzene rings is 1. The van der Waals surface area contributed by atoms with E-state index in [9.17, 15) is 4.79 Å². The number of aryl methyl sites for hydroxylation is 1. The van der Waals surface area contributed by atoms with Gasteiger partial charge in [0, 0.05) is 10.5 Å². The summed E-state index contributed by atoms with van der Waals surface area (Å²) in [5.41, 5.74) is 0.611. The minimum Gasteiger partial charge on any atom is -0.324 e. The van der Waals surface area contributed by atoms with Crippen molar-refractivity contribution in [1.29, 1.82) is 0 Å². The van der Waals surface area contributed by atoms with Crippen molar-refractivity contribution in [2.45, 2.75) is 50.2 Å². The molecule has 25 heavy (non-hydrogen) atoms. The van der Waals surface area contributed by atoms with Crippen molar-refractivity contribution in [3.63, 3.8) is 0 Å². The molecule has 2 aromatic rings. The van der Waals surface area contributed by atoms with Gasteiger partial charge in [0.2, 0.25) is 5.91 Å². The quantitative estimate of drug-likeness (QED) is 0.642. The third-order valence-corrected chi connectivity index (χ3v) is 6.06. The highest BCUT2D eigenvalue weighted by Gasteiger charge is 2.21. The third-order valence-electron chi connectivity index (χ3n) is 4.31. The molecular weight excluding hydrogens is 424 g/mol. The molecule has 1 aromatic carbocycles. The number of hydrogen-bond donors (Lipinski definition) is 1. The lowest BCUT2D eigenvalue weighted by molar-refractivity contribution is -0.113. The Morgan fingerprint density at radius 3 is 2.84 bits per heavy atom. The molecule has 3 rings (SSSR count). The van der Waals surface area contributed by atoms with Crippen molar-refractivity contribution in [1.82, 2.24) is 14.8 Å². The molecule has 1 heterocycles. The summed E-state index contributed by atoms with van der Waals surface area (Å²) in [4.78, 5) is 12.3. The summed E-state index contributed by atoms with van der Waals surface area (Å²) in [6, 6.07) is 5.84. The van der Waals surface area contributed by atoms with E-state index in [1.807, 2.05) is 13.0 Å². The Morgan fingerprint density at radius 1 is 1.36 bits per heavy atom. The molecular formula is C17H20BrClN4OS. The van der Waals surface area contributed by atoms with Gasteiger partial charge in [-0.2, -0.15) is 0 Å². The van der Waals surface area contributed by atoms with Crippen molar-refractivity contribution in [3.05, 3.63) is 33.5 Å². The van der Waals surface area contributed by atoms with E-state index in [2.05, 4.69) is 36.0 Å². The zero-order valence-corrected chi connectivity index (χ0v) is 17.1. The van der Waals surface area contributed by atoms with Gasteiger partial charge in [0.15, 0.2) is 5.16 Å². The zero-order chi connectivity index (χ0) is 17.8. The summed E-state index contributed by atoms with van der Waals surface area (Å²) < 4.78 is 3.07. The van der Waals surface area contributed by atoms with Crippen LogP contribution < -0.4 is 5.32 Å². The maximum atomic E-state index is 12.3. The number of nitrogens with zero attached hydrogens (tertiary/aromatic N) is 3. The van der Waals surface area contributed by atoms with E-state index in [1.54, 1.807) is 12.1 Å². The molecule has 0 radical (unpaired) electrons. The van der Waals surface area contributed by atoms with Crippen LogP contribution in [0.1, 0.15) is 44.0 Å². The zero-order valence-electron chi connectivity index (χ0n) is 14.0. The Kier molecular flexibility index (Phi) is 6.41. The number of anilines is 1. The maximum Gasteiger partial charge on any atom is 0.234 e. The number of hydrogen-bond acceptors (Lipinski definition) is 4. The molecule has 1 amide bonds. The normalized spacial score (nSPS) is 15.3. The second-order valence-corrected chi connectivity index (χ2v) is 8.42. The molecule has 1 aliphatic rings. The van der Waals surface area contributed by atoms with Gasteiger partial charge >= 0.3 is 0 Å². The minimum absolute atomic E-state index is 0.106. The summed E-state index contributed by atoms with van der Waals surface area (Å²) >= 11 is 10.9. The molecule has 1 aliphatic carbocycles. The highest BCUT2D eigenvalue weighted by Crippen LogP contribution is 2.32. The van der Waals surface area contributed by atoms with E-state index in [0.717, 1.165) is 28.3 Å². The van der Waals surface area contributed by atoms with Crippen LogP contribution in [0.15, 0.2) is 27.8 Å². The average molecular weight is 444 g/mol. The Balaban J connectivity index is 1.62. The van der Waals surface area contributed by atoms with Crippen molar-refractivity contribution in [2.24, 2.45) is 0 Å². The molecule has 0 bridgehead atoms. The minimum atomic E-state index is -0.106. The Bertz CT molecular complexity index is 761. The van der Waals surface area contributed by atoms with Crippen LogP contribution >= 0.6 is 39.3 Å². The Hall–Kier alpha value is -1.05. The average Bonchev–Trinajstić information content (AvgIpc) is 2.97. The molecule has 1 fully saturated rings. The molecule has 0 spiro atoms. The van der Waals surface area contributed by atoms with Crippen molar-refractivity contribution in [3.8, 4) is 0 Å². The standard InChI is InChI=1S/C17H20BrClN4OS/c1-11-21-22-17(23(11)13-5-3-2-4-6-13)25-10-16(24)20-15-8-7-12(18)9-14(15)19/h7-9,13H,2-6,10H2,1H3,(H,20,24). The molecule has 0 saturated heterocycles. The van der Waals surface area contributed by atoms with Crippen LogP contribution in [0.2, 0.25) is 5.02 Å². The van der Waals surface area contributed by atoms with Crippen LogP contribution in [0.3, 0.4) is 0 Å². The van der Waals surface area contributed by atoms with Gasteiger partial charge < -0.3 is 9.88 Å². The van der Waals surface area contributed by atoms with Gasteiger partial charge in [-0.05, 0) is 38.0 Å². The van der Waals surface area contributed by atoms with E-state index in [4.69, 9.17) is 11.6 Å². The van der Waals surface area contributed by atoms with Crippen molar-refractivity contribution < 1.29 is 4.79 Å². The highest BCUT2D eigenvalue weighted by molar-refractivity contribution is 9.10. The molecule has 1 N–H and O–H groups in total. The number of carbonyl (C=O) groups excluding carboxylic acids is 1. The largest absolute Gasteiger partial charge is 0.324 e. The lowest BCUT2D eigenvalue weighted by atomic mass is 9.95. The lowest BCUT2D eigenvalue weighted by Gasteiger charge is -2.24. The number of amides is 1. The fraction of sp³-hybridized carbons (Fsp3) is 0.471. The molecule has 1 aromatic heterocycles. The number of carbonyl (C=O) groups is 1. The molecule has 0 atom stereocenters. The van der Waals surface area contributed by atoms with E-state index < -0.39 is 0 Å². The van der Waals surface area contributed by atoms with Crippen LogP contribution in [0.5, 0.6) is 0 Å². The molecule has 5 nitrogen and oxygen atoms in total. The predicted octanol–water partition coefficient (Wildman–Crippen LogP) is 5.24. The number of nitrogens with one attached hydrogen (secondary N) is 1. The van der Waals surface area contributed by atoms with Gasteiger partial charge in [-0.3, -0.25) is 4.79 Å². The van der Waals surface area contributed by atoms with E-state index in [1.165, 1.54) is 31.0 Å². The number of halogens is 2. The summed E-state index contributed by atoms with van der Waals surface area (Å²) in [6.07, 6.45) is 6.11. The first-order chi connectivity index (χ1) is 12.0. The fourth-order valence-corrected chi connectivity index (χ4v) is 4.69. The summed E-state index contributed by atoms with van der Waals surface area (Å²) in [5, 5.41) is 12.6. The molecule has 134 valence electrons. The van der Waals surface area contributed by atoms with E-state index >= 15 is 0 Å². The smallest absolute Gasteiger partial charge is 0.234 e. The number of thioether (sulfide) groups is 1. The molecule has 0 unspecified atom stereocenters. The second-order valence-electron chi connectivity index (χ2n) is 6.15. The van der Waals surface area contributed by atoms with Gasteiger partial charge in [0.05, 0.1) is 16.5 Å². The predicted molar refractivity (Wildman–Crippen MR) is 105 cm³/mol. The van der Waals surface area contributed by atoms with Crippen molar-refractivity contribution in [2.75, 3.05) is 11.1 Å². The summed E-state index contributed by atoms with van der Waals surface area (Å²) in [7, 11) is 0. The van der Waals surface area contributed by atoms with Gasteiger partial charge in [-0.1, -0.05) is 58.6 Å². The van der Waals surface area contributed by atoms with Gasteiger partial charge in [0.1, 0.15) is 5.82 Å². The number of rotatable bonds is 5. The maximum absolute atomic E-state index is 12.3. The Labute approximate surface area is 165 Å². The third kappa shape index (κ3) is 4.77. The molecule has 0 aliphatic heterocycles. The summed E-state index contributed by atoms with van der Waals surface area (Å²) in [6.45, 7) is 1.98. The number of aromatic nitrogens is 3. The SMILES string of the molecule is Cc1nnc(SCC(=O)Nc2ccc(Br)cc2Cl)n1C1CCCCC1. The van der Waals surface area contributed by atoms with Crippen LogP contribution in [-0.2, 0) is 4.79 Å². The van der Waals surface area contributed by atoms with Gasteiger partial charge in [0.25, 0.3) is 0 Å². The first-order valence-corrected chi connectivity index (χ1v) is 10.5. The van der Waals surface area contributed by atoms with E-state index in [-0.39, 0.29) is 11.7 Å². The fourth-order valence-electron chi connectivity index (χ4n) is 3.12. The van der Waals surface area contributed by atoms with Crippen LogP contribution in [0.25, 0.3) is 0 Å². The summed E-state index contributed by atoms with van der Waals surface area (Å²) in [5.74, 6) is 1.09. The van der Waals surface area contributed by atoms with Crippen molar-refractivity contribution >= 4 is 50.9 Å². The monoisotopic (exact) mass is 442 g/mol. The first-order valence-electron chi connectivity index (χ1n) is 8.34. The first kappa shape index (κ1) is 18.7. The molecule has 1 saturated carbocycles. The Morgan fingerprint density at radius 2 is 2.12 bits per heavy atom. The second kappa shape index (κ2) is 8.56. The van der Waals surface area contributed by atoms with E-state index in [0.29, 0.717) is 16.8 Å².